The lowest BCUT2D eigenvalue weighted by Crippen LogP contribution is -2.51. The molecular weight excluding hydrogens is 557 g/mol. The summed E-state index contributed by atoms with van der Waals surface area (Å²) in [7, 11) is -4.19. The highest BCUT2D eigenvalue weighted by Gasteiger charge is 2.32. The van der Waals surface area contributed by atoms with E-state index in [-0.39, 0.29) is 33.1 Å². The van der Waals surface area contributed by atoms with E-state index in [0.29, 0.717) is 6.54 Å². The number of nitrogens with zero attached hydrogens (tertiary/aromatic N) is 2. The Bertz CT molecular complexity index is 1360. The van der Waals surface area contributed by atoms with Gasteiger partial charge in [-0.25, -0.2) is 8.42 Å². The number of carbonyl (C=O) groups is 2. The smallest absolute Gasteiger partial charge is 0.264 e. The number of aryl methyl sites for hydroxylation is 1. The first kappa shape index (κ1) is 30.5. The molecule has 0 saturated carbocycles. The summed E-state index contributed by atoms with van der Waals surface area (Å²) in [5.41, 5.74) is 2.01. The van der Waals surface area contributed by atoms with Gasteiger partial charge in [-0.3, -0.25) is 13.9 Å². The summed E-state index contributed by atoms with van der Waals surface area (Å²) >= 11 is 12.4. The highest BCUT2D eigenvalue weighted by molar-refractivity contribution is 7.92. The van der Waals surface area contributed by atoms with Crippen molar-refractivity contribution in [3.05, 3.63) is 94.0 Å². The third kappa shape index (κ3) is 8.21. The number of hydrogen-bond acceptors (Lipinski definition) is 4. The molecule has 0 unspecified atom stereocenters. The lowest BCUT2D eigenvalue weighted by atomic mass is 10.1. The van der Waals surface area contributed by atoms with Crippen LogP contribution in [-0.4, -0.2) is 44.3 Å². The molecule has 0 aromatic heterocycles. The first-order valence-corrected chi connectivity index (χ1v) is 14.9. The fourth-order valence-electron chi connectivity index (χ4n) is 3.94. The zero-order chi connectivity index (χ0) is 28.6. The van der Waals surface area contributed by atoms with E-state index in [2.05, 4.69) is 5.32 Å². The maximum atomic E-state index is 13.9. The van der Waals surface area contributed by atoms with Gasteiger partial charge in [-0.2, -0.15) is 0 Å². The average Bonchev–Trinajstić information content (AvgIpc) is 2.90. The van der Waals surface area contributed by atoms with E-state index in [1.54, 1.807) is 25.1 Å². The number of benzene rings is 3. The first-order valence-electron chi connectivity index (χ1n) is 12.7. The molecule has 7 nitrogen and oxygen atoms in total. The first-order chi connectivity index (χ1) is 18.5. The Kier molecular flexibility index (Phi) is 10.8. The Morgan fingerprint density at radius 2 is 1.56 bits per heavy atom. The standard InChI is InChI=1S/C29H33Cl2N3O4S/c1-4-5-15-32-29(36)22(3)33(19-23-13-11-21(2)12-14-23)28(35)20-34(26-17-24(30)16-25(31)18-26)39(37,38)27-9-7-6-8-10-27/h6-14,16-18,22H,4-5,15,19-20H2,1-3H3,(H,32,36)/t22-/m0/s1. The van der Waals surface area contributed by atoms with Gasteiger partial charge in [-0.05, 0) is 56.2 Å². The van der Waals surface area contributed by atoms with Crippen LogP contribution in [0.4, 0.5) is 5.69 Å². The molecule has 3 rings (SSSR count). The van der Waals surface area contributed by atoms with Gasteiger partial charge in [0.1, 0.15) is 12.6 Å². The van der Waals surface area contributed by atoms with Crippen LogP contribution in [0.5, 0.6) is 0 Å². The Morgan fingerprint density at radius 1 is 0.949 bits per heavy atom. The van der Waals surface area contributed by atoms with E-state index in [1.165, 1.54) is 35.2 Å². The van der Waals surface area contributed by atoms with Gasteiger partial charge < -0.3 is 10.2 Å². The Labute approximate surface area is 240 Å². The molecule has 1 atom stereocenters. The maximum absolute atomic E-state index is 13.9. The van der Waals surface area contributed by atoms with Crippen molar-refractivity contribution in [2.24, 2.45) is 0 Å². The van der Waals surface area contributed by atoms with Gasteiger partial charge in [0.2, 0.25) is 11.8 Å². The number of carbonyl (C=O) groups excluding carboxylic acids is 2. The molecule has 2 amide bonds. The minimum atomic E-state index is -4.19. The average molecular weight is 591 g/mol. The van der Waals surface area contributed by atoms with Crippen molar-refractivity contribution in [1.29, 1.82) is 0 Å². The summed E-state index contributed by atoms with van der Waals surface area (Å²) in [5.74, 6) is -0.864. The quantitative estimate of drug-likeness (QED) is 0.269. The van der Waals surface area contributed by atoms with Crippen molar-refractivity contribution >= 4 is 50.7 Å². The zero-order valence-corrected chi connectivity index (χ0v) is 24.6. The number of unbranched alkanes of at least 4 members (excludes halogenated alkanes) is 1. The van der Waals surface area contributed by atoms with Crippen LogP contribution in [0, 0.1) is 6.92 Å². The van der Waals surface area contributed by atoms with Crippen LogP contribution in [0.25, 0.3) is 0 Å². The molecule has 0 saturated heterocycles. The molecule has 10 heteroatoms. The van der Waals surface area contributed by atoms with Crippen LogP contribution < -0.4 is 9.62 Å². The molecule has 0 spiro atoms. The van der Waals surface area contributed by atoms with E-state index in [9.17, 15) is 18.0 Å². The molecule has 1 N–H and O–H groups in total. The van der Waals surface area contributed by atoms with Crippen LogP contribution in [0.15, 0.2) is 77.7 Å². The van der Waals surface area contributed by atoms with Crippen LogP contribution in [0.2, 0.25) is 10.0 Å². The number of hydrogen-bond donors (Lipinski definition) is 1. The summed E-state index contributed by atoms with van der Waals surface area (Å²) in [4.78, 5) is 28.3. The fraction of sp³-hybridized carbons (Fsp3) is 0.310. The monoisotopic (exact) mass is 589 g/mol. The summed E-state index contributed by atoms with van der Waals surface area (Å²) in [6.07, 6.45) is 1.72. The summed E-state index contributed by atoms with van der Waals surface area (Å²) in [6.45, 7) is 5.66. The normalized spacial score (nSPS) is 12.0. The van der Waals surface area contributed by atoms with Gasteiger partial charge in [0.05, 0.1) is 10.6 Å². The molecule has 0 fully saturated rings. The summed E-state index contributed by atoms with van der Waals surface area (Å²) in [5, 5.41) is 3.31. The third-order valence-electron chi connectivity index (χ3n) is 6.22. The van der Waals surface area contributed by atoms with E-state index < -0.39 is 28.5 Å². The van der Waals surface area contributed by atoms with Crippen LogP contribution >= 0.6 is 23.2 Å². The number of halogens is 2. The maximum Gasteiger partial charge on any atom is 0.264 e. The topological polar surface area (TPSA) is 86.8 Å². The molecule has 208 valence electrons. The van der Waals surface area contributed by atoms with Gasteiger partial charge in [0.25, 0.3) is 10.0 Å². The molecule has 0 aliphatic carbocycles. The molecule has 0 heterocycles. The van der Waals surface area contributed by atoms with Crippen molar-refractivity contribution in [3.8, 4) is 0 Å². The molecule has 39 heavy (non-hydrogen) atoms. The van der Waals surface area contributed by atoms with Crippen molar-refractivity contribution in [3.63, 3.8) is 0 Å². The van der Waals surface area contributed by atoms with Gasteiger partial charge in [-0.1, -0.05) is 84.6 Å². The van der Waals surface area contributed by atoms with E-state index in [1.807, 2.05) is 38.1 Å². The number of sulfonamides is 1. The third-order valence-corrected chi connectivity index (χ3v) is 8.44. The molecule has 0 aliphatic rings. The van der Waals surface area contributed by atoms with Crippen molar-refractivity contribution in [1.82, 2.24) is 10.2 Å². The number of amides is 2. The number of anilines is 1. The van der Waals surface area contributed by atoms with Crippen LogP contribution in [0.1, 0.15) is 37.8 Å². The largest absolute Gasteiger partial charge is 0.354 e. The Balaban J connectivity index is 2.01. The fourth-order valence-corrected chi connectivity index (χ4v) is 5.87. The van der Waals surface area contributed by atoms with E-state index in [4.69, 9.17) is 23.2 Å². The van der Waals surface area contributed by atoms with Crippen molar-refractivity contribution < 1.29 is 18.0 Å². The second-order valence-corrected chi connectivity index (χ2v) is 12.0. The summed E-state index contributed by atoms with van der Waals surface area (Å²) < 4.78 is 28.5. The van der Waals surface area contributed by atoms with Gasteiger partial charge in [-0.15, -0.1) is 0 Å². The minimum Gasteiger partial charge on any atom is -0.354 e. The molecule has 3 aromatic rings. The highest BCUT2D eigenvalue weighted by atomic mass is 35.5. The lowest BCUT2D eigenvalue weighted by Gasteiger charge is -2.32. The molecule has 0 aliphatic heterocycles. The molecular formula is C29H33Cl2N3O4S. The predicted octanol–water partition coefficient (Wildman–Crippen LogP) is 5.83. The zero-order valence-electron chi connectivity index (χ0n) is 22.2. The molecule has 3 aromatic carbocycles. The van der Waals surface area contributed by atoms with Gasteiger partial charge in [0.15, 0.2) is 0 Å². The second kappa shape index (κ2) is 13.8. The minimum absolute atomic E-state index is 0.00402. The molecule has 0 radical (unpaired) electrons. The molecule has 0 bridgehead atoms. The van der Waals surface area contributed by atoms with Crippen molar-refractivity contribution in [2.75, 3.05) is 17.4 Å². The predicted molar refractivity (Wildman–Crippen MR) is 157 cm³/mol. The van der Waals surface area contributed by atoms with Gasteiger partial charge in [0, 0.05) is 23.1 Å². The van der Waals surface area contributed by atoms with Gasteiger partial charge >= 0.3 is 0 Å². The second-order valence-electron chi connectivity index (χ2n) is 9.28. The number of rotatable bonds is 12. The SMILES string of the molecule is CCCCNC(=O)[C@H](C)N(Cc1ccc(C)cc1)C(=O)CN(c1cc(Cl)cc(Cl)c1)S(=O)(=O)c1ccccc1. The Morgan fingerprint density at radius 3 is 2.15 bits per heavy atom. The van der Waals surface area contributed by atoms with Crippen LogP contribution in [0.3, 0.4) is 0 Å². The Hall–Kier alpha value is -3.07. The van der Waals surface area contributed by atoms with E-state index >= 15 is 0 Å². The summed E-state index contributed by atoms with van der Waals surface area (Å²) in [6, 6.07) is 18.9. The highest BCUT2D eigenvalue weighted by Crippen LogP contribution is 2.30. The van der Waals surface area contributed by atoms with Crippen molar-refractivity contribution in [2.45, 2.75) is 51.1 Å². The number of nitrogens with one attached hydrogen (secondary N) is 1. The van der Waals surface area contributed by atoms with E-state index in [0.717, 1.165) is 28.3 Å². The lowest BCUT2D eigenvalue weighted by molar-refractivity contribution is -0.139. The van der Waals surface area contributed by atoms with Crippen LogP contribution in [-0.2, 0) is 26.2 Å².